The highest BCUT2D eigenvalue weighted by atomic mass is 35.5. The minimum Gasteiger partial charge on any atom is -0.405 e. The van der Waals surface area contributed by atoms with E-state index in [9.17, 15) is 18.0 Å². The van der Waals surface area contributed by atoms with Crippen molar-refractivity contribution in [2.45, 2.75) is 38.6 Å². The molecule has 0 atom stereocenters. The van der Waals surface area contributed by atoms with Crippen molar-refractivity contribution in [2.24, 2.45) is 5.92 Å². The van der Waals surface area contributed by atoms with Gasteiger partial charge in [0, 0.05) is 25.6 Å². The van der Waals surface area contributed by atoms with Gasteiger partial charge in [0.15, 0.2) is 0 Å². The SMILES string of the molecule is CN(Cc1ccccc1OC(F)(F)F)C(=O)CCC1CCNCC1.Cl. The molecule has 1 fully saturated rings. The standard InChI is InChI=1S/C17H23F3N2O2.ClH/c1-22(16(23)7-6-13-8-10-21-11-9-13)12-14-4-2-3-5-15(14)24-17(18,19)20;/h2-5,13,21H,6-12H2,1H3;1H. The lowest BCUT2D eigenvalue weighted by Gasteiger charge is -2.24. The first-order valence-electron chi connectivity index (χ1n) is 8.13. The van der Waals surface area contributed by atoms with Crippen molar-refractivity contribution in [1.29, 1.82) is 0 Å². The first kappa shape index (κ1) is 21.6. The molecule has 1 aliphatic heterocycles. The van der Waals surface area contributed by atoms with Crippen LogP contribution in [-0.2, 0) is 11.3 Å². The molecule has 0 unspecified atom stereocenters. The van der Waals surface area contributed by atoms with Gasteiger partial charge in [0.25, 0.3) is 0 Å². The fourth-order valence-electron chi connectivity index (χ4n) is 2.89. The van der Waals surface area contributed by atoms with Crippen molar-refractivity contribution in [1.82, 2.24) is 10.2 Å². The molecule has 0 bridgehead atoms. The number of ether oxygens (including phenoxy) is 1. The maximum Gasteiger partial charge on any atom is 0.573 e. The second-order valence-corrected chi connectivity index (χ2v) is 6.14. The third-order valence-corrected chi connectivity index (χ3v) is 4.26. The van der Waals surface area contributed by atoms with Gasteiger partial charge in [-0.15, -0.1) is 25.6 Å². The van der Waals surface area contributed by atoms with Gasteiger partial charge in [0.05, 0.1) is 0 Å². The number of hydrogen-bond donors (Lipinski definition) is 1. The van der Waals surface area contributed by atoms with Gasteiger partial charge in [-0.25, -0.2) is 0 Å². The molecule has 1 aliphatic rings. The summed E-state index contributed by atoms with van der Waals surface area (Å²) in [6, 6.07) is 5.91. The van der Waals surface area contributed by atoms with Crippen molar-refractivity contribution < 1.29 is 22.7 Å². The average molecular weight is 381 g/mol. The van der Waals surface area contributed by atoms with Crippen LogP contribution in [-0.4, -0.2) is 37.3 Å². The minimum atomic E-state index is -4.74. The highest BCUT2D eigenvalue weighted by molar-refractivity contribution is 5.85. The van der Waals surface area contributed by atoms with E-state index < -0.39 is 6.36 Å². The van der Waals surface area contributed by atoms with E-state index in [0.29, 0.717) is 17.9 Å². The Labute approximate surface area is 152 Å². The Bertz CT molecular complexity index is 549. The van der Waals surface area contributed by atoms with E-state index in [1.807, 2.05) is 0 Å². The molecule has 2 rings (SSSR count). The van der Waals surface area contributed by atoms with E-state index in [1.165, 1.54) is 23.1 Å². The van der Waals surface area contributed by atoms with Crippen molar-refractivity contribution in [3.8, 4) is 5.75 Å². The smallest absolute Gasteiger partial charge is 0.405 e. The summed E-state index contributed by atoms with van der Waals surface area (Å²) in [5.41, 5.74) is 0.340. The second kappa shape index (κ2) is 9.87. The van der Waals surface area contributed by atoms with Crippen LogP contribution >= 0.6 is 12.4 Å². The zero-order valence-electron chi connectivity index (χ0n) is 14.1. The summed E-state index contributed by atoms with van der Waals surface area (Å²) in [7, 11) is 1.61. The van der Waals surface area contributed by atoms with E-state index in [-0.39, 0.29) is 30.6 Å². The van der Waals surface area contributed by atoms with Crippen molar-refractivity contribution in [3.63, 3.8) is 0 Å². The molecule has 8 heteroatoms. The Morgan fingerprint density at radius 1 is 1.28 bits per heavy atom. The second-order valence-electron chi connectivity index (χ2n) is 6.14. The van der Waals surface area contributed by atoms with Gasteiger partial charge in [0.2, 0.25) is 5.91 Å². The molecule has 1 aromatic carbocycles. The zero-order valence-corrected chi connectivity index (χ0v) is 15.0. The maximum absolute atomic E-state index is 12.4. The molecule has 1 aromatic rings. The van der Waals surface area contributed by atoms with Crippen LogP contribution in [0.3, 0.4) is 0 Å². The molecule has 1 amide bonds. The van der Waals surface area contributed by atoms with Crippen LogP contribution in [0.15, 0.2) is 24.3 Å². The molecule has 4 nitrogen and oxygen atoms in total. The Morgan fingerprint density at radius 2 is 1.92 bits per heavy atom. The number of carbonyl (C=O) groups excluding carboxylic acids is 1. The fourth-order valence-corrected chi connectivity index (χ4v) is 2.89. The van der Waals surface area contributed by atoms with Crippen LogP contribution in [0.5, 0.6) is 5.75 Å². The number of carbonyl (C=O) groups is 1. The van der Waals surface area contributed by atoms with Crippen LogP contribution in [0.1, 0.15) is 31.2 Å². The topological polar surface area (TPSA) is 41.6 Å². The lowest BCUT2D eigenvalue weighted by molar-refractivity contribution is -0.275. The molecule has 0 spiro atoms. The molecular formula is C17H24ClF3N2O2. The van der Waals surface area contributed by atoms with Crippen molar-refractivity contribution in [3.05, 3.63) is 29.8 Å². The number of nitrogens with one attached hydrogen (secondary N) is 1. The molecule has 0 radical (unpaired) electrons. The number of benzene rings is 1. The molecule has 1 saturated heterocycles. The Kier molecular flexibility index (Phi) is 8.52. The molecule has 25 heavy (non-hydrogen) atoms. The van der Waals surface area contributed by atoms with Gasteiger partial charge in [-0.05, 0) is 44.3 Å². The first-order valence-corrected chi connectivity index (χ1v) is 8.13. The van der Waals surface area contributed by atoms with Crippen LogP contribution in [0.2, 0.25) is 0 Å². The van der Waals surface area contributed by atoms with Gasteiger partial charge >= 0.3 is 6.36 Å². The Morgan fingerprint density at radius 3 is 2.56 bits per heavy atom. The normalized spacial score (nSPS) is 15.4. The summed E-state index contributed by atoms with van der Waals surface area (Å²) < 4.78 is 41.3. The fraction of sp³-hybridized carbons (Fsp3) is 0.588. The van der Waals surface area contributed by atoms with E-state index in [2.05, 4.69) is 10.1 Å². The largest absolute Gasteiger partial charge is 0.573 e. The number of rotatable bonds is 6. The molecule has 0 aliphatic carbocycles. The van der Waals surface area contributed by atoms with Gasteiger partial charge in [0.1, 0.15) is 5.75 Å². The Balaban J connectivity index is 0.00000312. The third-order valence-electron chi connectivity index (χ3n) is 4.26. The number of amides is 1. The van der Waals surface area contributed by atoms with Gasteiger partial charge < -0.3 is 15.0 Å². The summed E-state index contributed by atoms with van der Waals surface area (Å²) in [6.07, 6.45) is -1.36. The van der Waals surface area contributed by atoms with Gasteiger partial charge in [-0.3, -0.25) is 4.79 Å². The predicted molar refractivity (Wildman–Crippen MR) is 91.7 cm³/mol. The van der Waals surface area contributed by atoms with Gasteiger partial charge in [-0.1, -0.05) is 18.2 Å². The maximum atomic E-state index is 12.4. The van der Waals surface area contributed by atoms with E-state index in [1.54, 1.807) is 13.1 Å². The summed E-state index contributed by atoms with van der Waals surface area (Å²) >= 11 is 0. The number of hydrogen-bond acceptors (Lipinski definition) is 3. The number of alkyl halides is 3. The summed E-state index contributed by atoms with van der Waals surface area (Å²) in [4.78, 5) is 13.7. The zero-order chi connectivity index (χ0) is 17.6. The quantitative estimate of drug-likeness (QED) is 0.817. The molecule has 1 heterocycles. The first-order chi connectivity index (χ1) is 11.3. The summed E-state index contributed by atoms with van der Waals surface area (Å²) in [5.74, 6) is 0.225. The summed E-state index contributed by atoms with van der Waals surface area (Å²) in [6.45, 7) is 2.06. The van der Waals surface area contributed by atoms with E-state index in [4.69, 9.17) is 0 Å². The van der Waals surface area contributed by atoms with Crippen LogP contribution in [0.25, 0.3) is 0 Å². The predicted octanol–water partition coefficient (Wildman–Crippen LogP) is 3.75. The molecular weight excluding hydrogens is 357 g/mol. The number of piperidine rings is 1. The highest BCUT2D eigenvalue weighted by Gasteiger charge is 2.32. The number of nitrogens with zero attached hydrogens (tertiary/aromatic N) is 1. The number of halogens is 4. The average Bonchev–Trinajstić information content (AvgIpc) is 2.54. The van der Waals surface area contributed by atoms with Crippen LogP contribution in [0, 0.1) is 5.92 Å². The van der Waals surface area contributed by atoms with Crippen molar-refractivity contribution in [2.75, 3.05) is 20.1 Å². The van der Waals surface area contributed by atoms with E-state index in [0.717, 1.165) is 32.4 Å². The lowest BCUT2D eigenvalue weighted by atomic mass is 9.93. The van der Waals surface area contributed by atoms with Gasteiger partial charge in [-0.2, -0.15) is 0 Å². The van der Waals surface area contributed by atoms with Crippen LogP contribution in [0.4, 0.5) is 13.2 Å². The molecule has 142 valence electrons. The highest BCUT2D eigenvalue weighted by Crippen LogP contribution is 2.27. The molecule has 0 aromatic heterocycles. The monoisotopic (exact) mass is 380 g/mol. The van der Waals surface area contributed by atoms with Crippen LogP contribution < -0.4 is 10.1 Å². The Hall–Kier alpha value is -1.47. The van der Waals surface area contributed by atoms with E-state index >= 15 is 0 Å². The molecule has 1 N–H and O–H groups in total. The minimum absolute atomic E-state index is 0. The summed E-state index contributed by atoms with van der Waals surface area (Å²) in [5, 5.41) is 3.28. The lowest BCUT2D eigenvalue weighted by Crippen LogP contribution is -2.30. The van der Waals surface area contributed by atoms with Crippen molar-refractivity contribution >= 4 is 18.3 Å². The third kappa shape index (κ3) is 7.52. The number of para-hydroxylation sites is 1. The molecule has 0 saturated carbocycles.